The zero-order valence-electron chi connectivity index (χ0n) is 21.4. The lowest BCUT2D eigenvalue weighted by atomic mass is 10.00. The monoisotopic (exact) mass is 579 g/mol. The van der Waals surface area contributed by atoms with Crippen molar-refractivity contribution in [2.45, 2.75) is 38.5 Å². The molecule has 0 fully saturated rings. The van der Waals surface area contributed by atoms with E-state index < -0.39 is 11.7 Å². The van der Waals surface area contributed by atoms with Gasteiger partial charge in [-0.05, 0) is 52.4 Å². The number of hydrogen-bond acceptors (Lipinski definition) is 5. The SMILES string of the molecule is C[C@H](CN(CCCOc1cccc(Cn2ncnn2)c1)Cc1cccc(C(F)(F)F)c1Cl)c1ccccc1.Cl. The van der Waals surface area contributed by atoms with Crippen LogP contribution < -0.4 is 4.74 Å². The van der Waals surface area contributed by atoms with Crippen molar-refractivity contribution in [1.82, 2.24) is 25.1 Å². The van der Waals surface area contributed by atoms with Crippen molar-refractivity contribution < 1.29 is 17.9 Å². The maximum atomic E-state index is 13.4. The largest absolute Gasteiger partial charge is 0.494 e. The smallest absolute Gasteiger partial charge is 0.417 e. The van der Waals surface area contributed by atoms with E-state index in [1.165, 1.54) is 22.8 Å². The summed E-state index contributed by atoms with van der Waals surface area (Å²) in [6.07, 6.45) is -2.42. The summed E-state index contributed by atoms with van der Waals surface area (Å²) in [5.74, 6) is 0.913. The van der Waals surface area contributed by atoms with Gasteiger partial charge in [-0.15, -0.1) is 22.6 Å². The number of halogens is 5. The van der Waals surface area contributed by atoms with Crippen LogP contribution in [0.5, 0.6) is 5.75 Å². The van der Waals surface area contributed by atoms with E-state index in [9.17, 15) is 13.2 Å². The van der Waals surface area contributed by atoms with Crippen LogP contribution in [-0.4, -0.2) is 44.8 Å². The molecule has 0 bridgehead atoms. The Morgan fingerprint density at radius 1 is 1.03 bits per heavy atom. The molecule has 1 aromatic heterocycles. The van der Waals surface area contributed by atoms with E-state index in [0.29, 0.717) is 44.8 Å². The first kappa shape index (κ1) is 30.4. The molecular formula is C28H30Cl2F3N5O. The van der Waals surface area contributed by atoms with Gasteiger partial charge in [0.05, 0.1) is 23.7 Å². The summed E-state index contributed by atoms with van der Waals surface area (Å²) in [6, 6.07) is 21.8. The standard InChI is InChI=1S/C28H29ClF3N5O.ClH/c1-21(23-9-3-2-4-10-23)17-36(19-24-11-6-13-26(27(24)29)28(30,31)32)14-7-15-38-25-12-5-8-22(16-25)18-37-34-20-33-35-37;/h2-6,8-13,16,20-21H,7,14-15,17-19H2,1H3;1H/t21-;/m1./s1. The molecule has 0 saturated carbocycles. The first-order valence-electron chi connectivity index (χ1n) is 12.3. The fourth-order valence-electron chi connectivity index (χ4n) is 4.31. The summed E-state index contributed by atoms with van der Waals surface area (Å²) in [4.78, 5) is 3.62. The molecule has 0 saturated heterocycles. The van der Waals surface area contributed by atoms with Gasteiger partial charge in [-0.1, -0.05) is 73.1 Å². The normalized spacial score (nSPS) is 12.3. The molecule has 4 aromatic rings. The Hall–Kier alpha value is -3.14. The fourth-order valence-corrected chi connectivity index (χ4v) is 4.60. The Kier molecular flexibility index (Phi) is 11.2. The highest BCUT2D eigenvalue weighted by Gasteiger charge is 2.34. The van der Waals surface area contributed by atoms with E-state index >= 15 is 0 Å². The van der Waals surface area contributed by atoms with Crippen molar-refractivity contribution >= 4 is 24.0 Å². The predicted octanol–water partition coefficient (Wildman–Crippen LogP) is 6.89. The van der Waals surface area contributed by atoms with E-state index in [2.05, 4.69) is 39.4 Å². The second kappa shape index (κ2) is 14.3. The molecule has 208 valence electrons. The third-order valence-corrected chi connectivity index (χ3v) is 6.63. The highest BCUT2D eigenvalue weighted by atomic mass is 35.5. The zero-order chi connectivity index (χ0) is 27.0. The summed E-state index contributed by atoms with van der Waals surface area (Å²) in [5, 5.41) is 11.4. The van der Waals surface area contributed by atoms with Crippen LogP contribution in [0, 0.1) is 0 Å². The van der Waals surface area contributed by atoms with Gasteiger partial charge in [0.2, 0.25) is 0 Å². The van der Waals surface area contributed by atoms with E-state index in [1.54, 1.807) is 6.07 Å². The van der Waals surface area contributed by atoms with Gasteiger partial charge in [-0.3, -0.25) is 4.90 Å². The molecule has 1 atom stereocenters. The summed E-state index contributed by atoms with van der Waals surface area (Å²) in [5.41, 5.74) is 1.80. The number of ether oxygens (including phenoxy) is 1. The second-order valence-electron chi connectivity index (χ2n) is 9.14. The van der Waals surface area contributed by atoms with Crippen molar-refractivity contribution in [3.63, 3.8) is 0 Å². The van der Waals surface area contributed by atoms with E-state index in [4.69, 9.17) is 16.3 Å². The molecule has 3 aromatic carbocycles. The molecule has 4 rings (SSSR count). The zero-order valence-corrected chi connectivity index (χ0v) is 23.0. The van der Waals surface area contributed by atoms with Crippen LogP contribution in [0.3, 0.4) is 0 Å². The lowest BCUT2D eigenvalue weighted by Gasteiger charge is -2.27. The van der Waals surface area contributed by atoms with E-state index in [-0.39, 0.29) is 23.3 Å². The Bertz CT molecular complexity index is 1290. The van der Waals surface area contributed by atoms with Gasteiger partial charge in [0.15, 0.2) is 6.33 Å². The minimum absolute atomic E-state index is 0. The first-order valence-corrected chi connectivity index (χ1v) is 12.7. The number of alkyl halides is 3. The quantitative estimate of drug-likeness (QED) is 0.171. The number of tetrazole rings is 1. The second-order valence-corrected chi connectivity index (χ2v) is 9.52. The average Bonchev–Trinajstić information content (AvgIpc) is 3.41. The van der Waals surface area contributed by atoms with Crippen molar-refractivity contribution in [3.05, 3.63) is 106 Å². The number of nitrogens with zero attached hydrogens (tertiary/aromatic N) is 5. The molecule has 1 heterocycles. The fraction of sp³-hybridized carbons (Fsp3) is 0.321. The maximum absolute atomic E-state index is 13.4. The van der Waals surface area contributed by atoms with Crippen molar-refractivity contribution in [2.24, 2.45) is 0 Å². The lowest BCUT2D eigenvalue weighted by molar-refractivity contribution is -0.137. The molecular weight excluding hydrogens is 550 g/mol. The maximum Gasteiger partial charge on any atom is 0.417 e. The number of rotatable bonds is 12. The molecule has 0 amide bonds. The predicted molar refractivity (Wildman–Crippen MR) is 147 cm³/mol. The lowest BCUT2D eigenvalue weighted by Crippen LogP contribution is -2.30. The van der Waals surface area contributed by atoms with Crippen LogP contribution in [-0.2, 0) is 19.3 Å². The molecule has 0 aliphatic rings. The Morgan fingerprint density at radius 2 is 1.79 bits per heavy atom. The molecule has 11 heteroatoms. The average molecular weight is 580 g/mol. The van der Waals surface area contributed by atoms with Crippen LogP contribution in [0.4, 0.5) is 13.2 Å². The Morgan fingerprint density at radius 3 is 2.51 bits per heavy atom. The summed E-state index contributed by atoms with van der Waals surface area (Å²) < 4.78 is 46.2. The van der Waals surface area contributed by atoms with Gasteiger partial charge in [0, 0.05) is 19.6 Å². The first-order chi connectivity index (χ1) is 18.3. The third kappa shape index (κ3) is 8.95. The molecule has 39 heavy (non-hydrogen) atoms. The summed E-state index contributed by atoms with van der Waals surface area (Å²) >= 11 is 6.21. The van der Waals surface area contributed by atoms with Gasteiger partial charge in [0.1, 0.15) is 5.75 Å². The van der Waals surface area contributed by atoms with Gasteiger partial charge < -0.3 is 4.74 Å². The molecule has 0 N–H and O–H groups in total. The molecule has 0 aliphatic carbocycles. The van der Waals surface area contributed by atoms with Crippen LogP contribution in [0.15, 0.2) is 79.1 Å². The van der Waals surface area contributed by atoms with Crippen molar-refractivity contribution in [2.75, 3.05) is 19.7 Å². The molecule has 0 unspecified atom stereocenters. The van der Waals surface area contributed by atoms with Gasteiger partial charge >= 0.3 is 6.18 Å². The van der Waals surface area contributed by atoms with Crippen molar-refractivity contribution in [3.8, 4) is 5.75 Å². The minimum Gasteiger partial charge on any atom is -0.494 e. The van der Waals surface area contributed by atoms with Crippen LogP contribution in [0.25, 0.3) is 0 Å². The summed E-state index contributed by atoms with van der Waals surface area (Å²) in [6.45, 7) is 4.66. The molecule has 0 spiro atoms. The highest BCUT2D eigenvalue weighted by Crippen LogP contribution is 2.36. The topological polar surface area (TPSA) is 56.1 Å². The number of aromatic nitrogens is 4. The molecule has 6 nitrogen and oxygen atoms in total. The highest BCUT2D eigenvalue weighted by molar-refractivity contribution is 6.32. The van der Waals surface area contributed by atoms with Crippen LogP contribution in [0.2, 0.25) is 5.02 Å². The summed E-state index contributed by atoms with van der Waals surface area (Å²) in [7, 11) is 0. The van der Waals surface area contributed by atoms with Gasteiger partial charge in [-0.25, -0.2) is 0 Å². The molecule has 0 aliphatic heterocycles. The third-order valence-electron chi connectivity index (χ3n) is 6.18. The number of hydrogen-bond donors (Lipinski definition) is 0. The Balaban J connectivity index is 0.00000420. The van der Waals surface area contributed by atoms with Crippen LogP contribution in [0.1, 0.15) is 41.5 Å². The number of benzene rings is 3. The van der Waals surface area contributed by atoms with E-state index in [1.807, 2.05) is 42.5 Å². The van der Waals surface area contributed by atoms with Crippen LogP contribution >= 0.6 is 24.0 Å². The van der Waals surface area contributed by atoms with E-state index in [0.717, 1.165) is 17.4 Å². The molecule has 0 radical (unpaired) electrons. The Labute approximate surface area is 237 Å². The van der Waals surface area contributed by atoms with Crippen molar-refractivity contribution in [1.29, 1.82) is 0 Å². The van der Waals surface area contributed by atoms with Gasteiger partial charge in [0.25, 0.3) is 0 Å². The minimum atomic E-state index is -4.50. The van der Waals surface area contributed by atoms with Gasteiger partial charge in [-0.2, -0.15) is 18.0 Å².